The number of nitrogens with zero attached hydrogens (tertiary/aromatic N) is 2. The first kappa shape index (κ1) is 15.7. The molecule has 1 aromatic rings. The van der Waals surface area contributed by atoms with Crippen LogP contribution in [0.15, 0.2) is 30.4 Å². The Kier molecular flexibility index (Phi) is 5.15. The van der Waals surface area contributed by atoms with E-state index < -0.39 is 0 Å². The van der Waals surface area contributed by atoms with Crippen molar-refractivity contribution >= 4 is 11.6 Å². The number of likely N-dealkylation sites (N-methyl/N-ethyl adjacent to an activating group) is 2. The van der Waals surface area contributed by atoms with Gasteiger partial charge in [-0.15, -0.1) is 0 Å². The zero-order chi connectivity index (χ0) is 15.4. The molecule has 4 nitrogen and oxygen atoms in total. The second kappa shape index (κ2) is 6.87. The van der Waals surface area contributed by atoms with Crippen molar-refractivity contribution in [3.05, 3.63) is 41.5 Å². The predicted molar refractivity (Wildman–Crippen MR) is 87.6 cm³/mol. The van der Waals surface area contributed by atoms with E-state index in [-0.39, 0.29) is 5.91 Å². The number of rotatable bonds is 4. The van der Waals surface area contributed by atoms with Gasteiger partial charge >= 0.3 is 0 Å². The van der Waals surface area contributed by atoms with Crippen molar-refractivity contribution in [3.63, 3.8) is 0 Å². The summed E-state index contributed by atoms with van der Waals surface area (Å²) in [5.74, 6) is 0.00827. The highest BCUT2D eigenvalue weighted by atomic mass is 16.2. The molecule has 1 heterocycles. The van der Waals surface area contributed by atoms with Crippen LogP contribution in [0.4, 0.5) is 5.69 Å². The van der Waals surface area contributed by atoms with Crippen molar-refractivity contribution in [1.29, 1.82) is 0 Å². The molecule has 1 amide bonds. The largest absolute Gasteiger partial charge is 0.312 e. The summed E-state index contributed by atoms with van der Waals surface area (Å²) in [5.41, 5.74) is 3.63. The molecule has 1 aliphatic rings. The Labute approximate surface area is 127 Å². The first-order chi connectivity index (χ1) is 9.97. The lowest BCUT2D eigenvalue weighted by atomic mass is 9.96. The normalized spacial score (nSPS) is 18.0. The van der Waals surface area contributed by atoms with Crippen LogP contribution in [0, 0.1) is 0 Å². The molecule has 114 valence electrons. The molecule has 0 spiro atoms. The van der Waals surface area contributed by atoms with Crippen LogP contribution in [-0.4, -0.2) is 44.5 Å². The van der Waals surface area contributed by atoms with E-state index in [1.54, 1.807) is 11.0 Å². The third-order valence-electron chi connectivity index (χ3n) is 3.81. The summed E-state index contributed by atoms with van der Waals surface area (Å²) in [5, 5.41) is 3.46. The summed E-state index contributed by atoms with van der Waals surface area (Å²) in [6, 6.07) is 6.83. The Morgan fingerprint density at radius 3 is 2.81 bits per heavy atom. The molecular weight excluding hydrogens is 262 g/mol. The fourth-order valence-electron chi connectivity index (χ4n) is 2.47. The van der Waals surface area contributed by atoms with Gasteiger partial charge in [-0.2, -0.15) is 0 Å². The topological polar surface area (TPSA) is 35.6 Å². The average Bonchev–Trinajstić information content (AvgIpc) is 2.45. The van der Waals surface area contributed by atoms with Crippen LogP contribution in [0.2, 0.25) is 0 Å². The molecule has 1 N–H and O–H groups in total. The van der Waals surface area contributed by atoms with Crippen LogP contribution in [0.5, 0.6) is 0 Å². The summed E-state index contributed by atoms with van der Waals surface area (Å²) in [7, 11) is 5.79. The van der Waals surface area contributed by atoms with Gasteiger partial charge in [0.05, 0.1) is 0 Å². The molecule has 0 aliphatic carbocycles. The number of anilines is 1. The maximum absolute atomic E-state index is 12.2. The molecule has 4 heteroatoms. The molecule has 1 aromatic carbocycles. The highest BCUT2D eigenvalue weighted by Gasteiger charge is 2.16. The lowest BCUT2D eigenvalue weighted by molar-refractivity contribution is -0.113. The van der Waals surface area contributed by atoms with Gasteiger partial charge in [0.2, 0.25) is 5.91 Å². The molecule has 0 saturated heterocycles. The van der Waals surface area contributed by atoms with Crippen molar-refractivity contribution in [2.24, 2.45) is 0 Å². The number of nitrogens with one attached hydrogen (secondary N) is 1. The highest BCUT2D eigenvalue weighted by Crippen LogP contribution is 2.23. The Hall–Kier alpha value is -1.65. The van der Waals surface area contributed by atoms with Gasteiger partial charge in [0.15, 0.2) is 0 Å². The van der Waals surface area contributed by atoms with E-state index in [4.69, 9.17) is 0 Å². The maximum atomic E-state index is 12.2. The zero-order valence-corrected chi connectivity index (χ0v) is 13.4. The molecular formula is C17H25N3O. The van der Waals surface area contributed by atoms with E-state index in [9.17, 15) is 4.79 Å². The molecule has 0 radical (unpaired) electrons. The Morgan fingerprint density at radius 2 is 2.10 bits per heavy atom. The SMILES string of the molecule is CC1Cc2ccc(N(C)C(=O)/C=C/CN(C)C)cc2CN1. The van der Waals surface area contributed by atoms with Crippen molar-refractivity contribution < 1.29 is 4.79 Å². The van der Waals surface area contributed by atoms with Gasteiger partial charge in [-0.25, -0.2) is 0 Å². The van der Waals surface area contributed by atoms with Crippen molar-refractivity contribution in [2.45, 2.75) is 25.9 Å². The van der Waals surface area contributed by atoms with E-state index in [2.05, 4.69) is 24.4 Å². The molecule has 21 heavy (non-hydrogen) atoms. The van der Waals surface area contributed by atoms with E-state index in [0.29, 0.717) is 6.04 Å². The van der Waals surface area contributed by atoms with E-state index >= 15 is 0 Å². The highest BCUT2D eigenvalue weighted by molar-refractivity contribution is 6.01. The number of carbonyl (C=O) groups is 1. The van der Waals surface area contributed by atoms with Gasteiger partial charge in [0.25, 0.3) is 0 Å². The molecule has 0 fully saturated rings. The minimum Gasteiger partial charge on any atom is -0.312 e. The lowest BCUT2D eigenvalue weighted by Crippen LogP contribution is -2.33. The van der Waals surface area contributed by atoms with Crippen LogP contribution in [-0.2, 0) is 17.8 Å². The smallest absolute Gasteiger partial charge is 0.250 e. The van der Waals surface area contributed by atoms with Crippen LogP contribution >= 0.6 is 0 Å². The molecule has 0 bridgehead atoms. The van der Waals surface area contributed by atoms with Crippen LogP contribution in [0.1, 0.15) is 18.1 Å². The minimum atomic E-state index is 0.00827. The first-order valence-corrected chi connectivity index (χ1v) is 7.41. The lowest BCUT2D eigenvalue weighted by Gasteiger charge is -2.25. The average molecular weight is 287 g/mol. The minimum absolute atomic E-state index is 0.00827. The summed E-state index contributed by atoms with van der Waals surface area (Å²) in [4.78, 5) is 15.9. The molecule has 0 saturated carbocycles. The summed E-state index contributed by atoms with van der Waals surface area (Å²) < 4.78 is 0. The van der Waals surface area contributed by atoms with Crippen molar-refractivity contribution in [3.8, 4) is 0 Å². The fraction of sp³-hybridized carbons (Fsp3) is 0.471. The first-order valence-electron chi connectivity index (χ1n) is 7.41. The quantitative estimate of drug-likeness (QED) is 0.858. The van der Waals surface area contributed by atoms with Gasteiger partial charge in [-0.3, -0.25) is 4.79 Å². The molecule has 1 aliphatic heterocycles. The second-order valence-corrected chi connectivity index (χ2v) is 6.00. The van der Waals surface area contributed by atoms with Crippen molar-refractivity contribution in [1.82, 2.24) is 10.2 Å². The Balaban J connectivity index is 2.07. The maximum Gasteiger partial charge on any atom is 0.250 e. The molecule has 1 unspecified atom stereocenters. The molecule has 1 atom stereocenters. The van der Waals surface area contributed by atoms with Gasteiger partial charge in [0.1, 0.15) is 0 Å². The van der Waals surface area contributed by atoms with E-state index in [1.807, 2.05) is 38.2 Å². The zero-order valence-electron chi connectivity index (χ0n) is 13.4. The molecule has 0 aromatic heterocycles. The number of hydrogen-bond donors (Lipinski definition) is 1. The summed E-state index contributed by atoms with van der Waals surface area (Å²) >= 11 is 0. The number of hydrogen-bond acceptors (Lipinski definition) is 3. The molecule has 2 rings (SSSR count). The number of fused-ring (bicyclic) bond motifs is 1. The van der Waals surface area contributed by atoms with Crippen LogP contribution in [0.25, 0.3) is 0 Å². The summed E-state index contributed by atoms with van der Waals surface area (Å²) in [6.07, 6.45) is 4.58. The van der Waals surface area contributed by atoms with Gasteiger partial charge in [0, 0.05) is 37.9 Å². The Bertz CT molecular complexity index is 537. The Morgan fingerprint density at radius 1 is 1.33 bits per heavy atom. The number of benzene rings is 1. The van der Waals surface area contributed by atoms with Gasteiger partial charge in [-0.1, -0.05) is 12.1 Å². The summed E-state index contributed by atoms with van der Waals surface area (Å²) in [6.45, 7) is 3.84. The van der Waals surface area contributed by atoms with Crippen LogP contribution in [0.3, 0.4) is 0 Å². The van der Waals surface area contributed by atoms with Crippen molar-refractivity contribution in [2.75, 3.05) is 32.6 Å². The van der Waals surface area contributed by atoms with E-state index in [0.717, 1.165) is 25.2 Å². The predicted octanol–water partition coefficient (Wildman–Crippen LogP) is 1.80. The second-order valence-electron chi connectivity index (χ2n) is 6.00. The fourth-order valence-corrected chi connectivity index (χ4v) is 2.47. The van der Waals surface area contributed by atoms with Gasteiger partial charge in [-0.05, 0) is 50.7 Å². The number of carbonyl (C=O) groups excluding carboxylic acids is 1. The van der Waals surface area contributed by atoms with E-state index in [1.165, 1.54) is 11.1 Å². The third kappa shape index (κ3) is 4.16. The standard InChI is InChI=1S/C17H25N3O/c1-13-10-14-7-8-16(11-15(14)12-18-13)20(4)17(21)6-5-9-19(2)3/h5-8,11,13,18H,9-10,12H2,1-4H3/b6-5+. The van der Waals surface area contributed by atoms with Crippen LogP contribution < -0.4 is 10.2 Å². The van der Waals surface area contributed by atoms with Gasteiger partial charge < -0.3 is 15.1 Å². The number of amides is 1. The monoisotopic (exact) mass is 287 g/mol. The third-order valence-corrected chi connectivity index (χ3v) is 3.81.